The quantitative estimate of drug-likeness (QED) is 0.155. The Morgan fingerprint density at radius 1 is 0.731 bits per heavy atom. The van der Waals surface area contributed by atoms with Crippen molar-refractivity contribution in [2.45, 2.75) is 26.2 Å². The first-order valence-electron chi connectivity index (χ1n) is 17.1. The number of pyridine rings is 1. The number of ether oxygens (including phenoxy) is 1. The molecule has 0 aliphatic carbocycles. The second kappa shape index (κ2) is 12.9. The number of para-hydroxylation sites is 4. The van der Waals surface area contributed by atoms with Gasteiger partial charge in [-0.05, 0) is 47.4 Å². The van der Waals surface area contributed by atoms with Gasteiger partial charge in [0.1, 0.15) is 17.0 Å². The van der Waals surface area contributed by atoms with Gasteiger partial charge in [-0.15, -0.1) is 42.7 Å². The average Bonchev–Trinajstić information content (AvgIpc) is 3.80. The van der Waals surface area contributed by atoms with E-state index in [-0.39, 0.29) is 26.5 Å². The van der Waals surface area contributed by atoms with E-state index >= 15 is 0 Å². The molecule has 8 heteroatoms. The summed E-state index contributed by atoms with van der Waals surface area (Å²) in [4.78, 5) is 11.3. The van der Waals surface area contributed by atoms with Crippen LogP contribution in [-0.4, -0.2) is 23.6 Å². The van der Waals surface area contributed by atoms with Crippen molar-refractivity contribution in [2.24, 2.45) is 0 Å². The second-order valence-corrected chi connectivity index (χ2v) is 14.1. The van der Waals surface area contributed by atoms with E-state index in [0.29, 0.717) is 11.5 Å². The Morgan fingerprint density at radius 3 is 2.23 bits per heavy atom. The Labute approximate surface area is 317 Å². The van der Waals surface area contributed by atoms with Crippen molar-refractivity contribution < 1.29 is 30.2 Å². The van der Waals surface area contributed by atoms with Crippen LogP contribution in [0.3, 0.4) is 0 Å². The van der Waals surface area contributed by atoms with E-state index in [2.05, 4.69) is 126 Å². The van der Waals surface area contributed by atoms with Crippen molar-refractivity contribution in [3.05, 3.63) is 146 Å². The number of aromatic nitrogens is 2. The molecule has 0 unspecified atom stereocenters. The van der Waals surface area contributed by atoms with Crippen molar-refractivity contribution >= 4 is 61.4 Å². The summed E-state index contributed by atoms with van der Waals surface area (Å²) < 4.78 is 15.1. The van der Waals surface area contributed by atoms with E-state index in [1.165, 1.54) is 5.56 Å². The summed E-state index contributed by atoms with van der Waals surface area (Å²) in [6.45, 7) is 8.90. The van der Waals surface area contributed by atoms with Gasteiger partial charge in [0.05, 0.1) is 5.52 Å². The Morgan fingerprint density at radius 2 is 1.44 bits per heavy atom. The number of anilines is 5. The van der Waals surface area contributed by atoms with Crippen LogP contribution >= 0.6 is 0 Å². The molecule has 4 heterocycles. The number of hydrogen-bond donors (Lipinski definition) is 0. The van der Waals surface area contributed by atoms with Crippen LogP contribution in [0.25, 0.3) is 38.8 Å². The minimum atomic E-state index is -0.0228. The van der Waals surface area contributed by atoms with E-state index in [4.69, 9.17) is 14.1 Å². The summed E-state index contributed by atoms with van der Waals surface area (Å²) in [5.41, 5.74) is 9.89. The van der Waals surface area contributed by atoms with Crippen molar-refractivity contribution in [3.8, 4) is 17.3 Å². The standard InChI is InChI=1S/C44H36N5O2.Pt/c1-44(2,3)35-16-7-8-17-36(35)48-28-47(37-18-9-10-19-38(37)48)30-13-12-14-31(25-30)50-32-21-22-33-39(27-32)49(41-26-29(46(4)5)23-24-45-41)42-34-15-6-11-20-40(34)51-43(33)42;/h6-24,26,28H,1-5H3;/q-3;. The molecule has 7 nitrogen and oxygen atoms in total. The minimum absolute atomic E-state index is 0. The molecule has 0 radical (unpaired) electrons. The number of furan rings is 1. The van der Waals surface area contributed by atoms with Crippen molar-refractivity contribution in [1.29, 1.82) is 0 Å². The normalized spacial score (nSPS) is 12.8. The SMILES string of the molecule is CN(C)c1ccnc(-n2c3[c-]c(Oc4[c-]c(N5[CH-]N(c6ccccc6C(C)(C)C)c6ccccc65)ccc4)ccc3c3oc4ccccc4c32)c1.[Pt]. The van der Waals surface area contributed by atoms with Gasteiger partial charge in [0, 0.05) is 87.1 Å². The van der Waals surface area contributed by atoms with Crippen molar-refractivity contribution in [3.63, 3.8) is 0 Å². The van der Waals surface area contributed by atoms with Gasteiger partial charge in [-0.1, -0.05) is 74.1 Å². The van der Waals surface area contributed by atoms with Crippen LogP contribution in [0, 0.1) is 18.8 Å². The molecule has 0 saturated heterocycles. The van der Waals surface area contributed by atoms with E-state index in [9.17, 15) is 0 Å². The average molecular weight is 862 g/mol. The Bertz CT molecular complexity index is 2600. The zero-order chi connectivity index (χ0) is 34.9. The van der Waals surface area contributed by atoms with E-state index in [1.54, 1.807) is 0 Å². The molecule has 8 aromatic rings. The molecule has 0 fully saturated rings. The van der Waals surface area contributed by atoms with Gasteiger partial charge in [0.2, 0.25) is 0 Å². The molecule has 0 amide bonds. The number of rotatable bonds is 6. The number of nitrogens with zero attached hydrogens (tertiary/aromatic N) is 5. The zero-order valence-electron chi connectivity index (χ0n) is 29.5. The van der Waals surface area contributed by atoms with E-state index in [0.717, 1.165) is 67.2 Å². The van der Waals surface area contributed by atoms with Crippen LogP contribution in [-0.2, 0) is 26.5 Å². The maximum atomic E-state index is 6.52. The molecule has 0 spiro atoms. The first kappa shape index (κ1) is 33.6. The molecule has 9 rings (SSSR count). The van der Waals surface area contributed by atoms with Gasteiger partial charge in [-0.2, -0.15) is 12.1 Å². The molecule has 262 valence electrons. The first-order chi connectivity index (χ1) is 24.7. The molecule has 5 aromatic carbocycles. The number of fused-ring (bicyclic) bond motifs is 6. The van der Waals surface area contributed by atoms with Crippen LogP contribution in [0.15, 0.2) is 126 Å². The molecule has 1 aliphatic heterocycles. The second-order valence-electron chi connectivity index (χ2n) is 14.1. The topological polar surface area (TPSA) is 49.9 Å². The van der Waals surface area contributed by atoms with Crippen LogP contribution in [0.4, 0.5) is 28.4 Å². The van der Waals surface area contributed by atoms with E-state index < -0.39 is 0 Å². The van der Waals surface area contributed by atoms with Crippen LogP contribution < -0.4 is 19.4 Å². The van der Waals surface area contributed by atoms with Gasteiger partial charge in [0.25, 0.3) is 0 Å². The molecule has 0 bridgehead atoms. The Kier molecular flexibility index (Phi) is 8.35. The predicted molar refractivity (Wildman–Crippen MR) is 207 cm³/mol. The van der Waals surface area contributed by atoms with Crippen molar-refractivity contribution in [1.82, 2.24) is 9.55 Å². The van der Waals surface area contributed by atoms with Crippen molar-refractivity contribution in [2.75, 3.05) is 28.8 Å². The molecule has 3 aromatic heterocycles. The Balaban J connectivity index is 0.00000387. The minimum Gasteiger partial charge on any atom is -0.509 e. The smallest absolute Gasteiger partial charge is 0.137 e. The third-order valence-corrected chi connectivity index (χ3v) is 9.47. The third kappa shape index (κ3) is 5.60. The van der Waals surface area contributed by atoms with Gasteiger partial charge >= 0.3 is 0 Å². The predicted octanol–water partition coefficient (Wildman–Crippen LogP) is 11.1. The summed E-state index contributed by atoms with van der Waals surface area (Å²) in [5.74, 6) is 1.93. The summed E-state index contributed by atoms with van der Waals surface area (Å²) in [6, 6.07) is 46.3. The number of benzene rings is 5. The molecule has 0 N–H and O–H groups in total. The zero-order valence-corrected chi connectivity index (χ0v) is 31.8. The summed E-state index contributed by atoms with van der Waals surface area (Å²) in [6.07, 6.45) is 1.84. The number of hydrogen-bond acceptors (Lipinski definition) is 6. The molecule has 0 atom stereocenters. The molecular formula is C44H36N5O2Pt-3. The van der Waals surface area contributed by atoms with Gasteiger partial charge < -0.3 is 28.4 Å². The summed E-state index contributed by atoms with van der Waals surface area (Å²) in [7, 11) is 4.05. The van der Waals surface area contributed by atoms with Crippen LogP contribution in [0.2, 0.25) is 0 Å². The first-order valence-corrected chi connectivity index (χ1v) is 17.1. The molecule has 0 saturated carbocycles. The fourth-order valence-corrected chi connectivity index (χ4v) is 7.04. The summed E-state index contributed by atoms with van der Waals surface area (Å²) >= 11 is 0. The fraction of sp³-hybridized carbons (Fsp3) is 0.136. The molecular weight excluding hydrogens is 826 g/mol. The van der Waals surface area contributed by atoms with Crippen LogP contribution in [0.5, 0.6) is 11.5 Å². The third-order valence-electron chi connectivity index (χ3n) is 9.47. The van der Waals surface area contributed by atoms with Gasteiger partial charge in [-0.3, -0.25) is 0 Å². The largest absolute Gasteiger partial charge is 0.509 e. The maximum absolute atomic E-state index is 6.52. The maximum Gasteiger partial charge on any atom is 0.137 e. The van der Waals surface area contributed by atoms with Gasteiger partial charge in [-0.25, -0.2) is 4.98 Å². The molecule has 52 heavy (non-hydrogen) atoms. The molecule has 1 aliphatic rings. The summed E-state index contributed by atoms with van der Waals surface area (Å²) in [5, 5.41) is 1.95. The fourth-order valence-electron chi connectivity index (χ4n) is 7.04. The monoisotopic (exact) mass is 861 g/mol. The van der Waals surface area contributed by atoms with Gasteiger partial charge in [0.15, 0.2) is 0 Å². The van der Waals surface area contributed by atoms with Crippen LogP contribution in [0.1, 0.15) is 26.3 Å². The van der Waals surface area contributed by atoms with E-state index in [1.807, 2.05) is 68.8 Å². The Hall–Kier alpha value is -5.52.